The Kier molecular flexibility index (Phi) is 1.89. The predicted octanol–water partition coefficient (Wildman–Crippen LogP) is 0.369. The number of nitrogens with zero attached hydrogens (tertiary/aromatic N) is 2. The molecule has 0 spiro atoms. The maximum atomic E-state index is 10.8. The predicted molar refractivity (Wildman–Crippen MR) is 37.4 cm³/mol. The fraction of sp³-hybridized carbons (Fsp3) is 0.200. The van der Waals surface area contributed by atoms with Gasteiger partial charge in [-0.2, -0.15) is 0 Å². The lowest BCUT2D eigenvalue weighted by Gasteiger charge is -1.93. The topological polar surface area (TPSA) is 34.9 Å². The lowest BCUT2D eigenvalue weighted by atomic mass is 10.7. The zero-order valence-electron chi connectivity index (χ0n) is 4.94. The molecule has 0 aliphatic heterocycles. The molecule has 0 saturated heterocycles. The van der Waals surface area contributed by atoms with E-state index in [1.54, 1.807) is 0 Å². The second-order valence-electron chi connectivity index (χ2n) is 1.43. The fourth-order valence-corrected chi connectivity index (χ4v) is 0.863. The summed E-state index contributed by atoms with van der Waals surface area (Å²) < 4.78 is 1.46. The van der Waals surface area contributed by atoms with Crippen LogP contribution in [0.15, 0.2) is 23.4 Å². The SMILES string of the molecule is CSn1cnccc1=O. The van der Waals surface area contributed by atoms with Gasteiger partial charge in [0.05, 0.1) is 0 Å². The number of aromatic nitrogens is 2. The Hall–Kier alpha value is -0.770. The molecule has 0 amide bonds. The van der Waals surface area contributed by atoms with Crippen molar-refractivity contribution in [2.24, 2.45) is 0 Å². The first-order valence-corrected chi connectivity index (χ1v) is 3.60. The van der Waals surface area contributed by atoms with Gasteiger partial charge in [-0.15, -0.1) is 0 Å². The van der Waals surface area contributed by atoms with Crippen LogP contribution in [0.2, 0.25) is 0 Å². The minimum atomic E-state index is -0.0301. The summed E-state index contributed by atoms with van der Waals surface area (Å²) in [5.41, 5.74) is -0.0301. The summed E-state index contributed by atoms with van der Waals surface area (Å²) in [5.74, 6) is 0. The quantitative estimate of drug-likeness (QED) is 0.568. The van der Waals surface area contributed by atoms with Crippen LogP contribution in [0.1, 0.15) is 0 Å². The van der Waals surface area contributed by atoms with Gasteiger partial charge in [-0.05, 0) is 11.9 Å². The fourth-order valence-electron chi connectivity index (χ4n) is 0.473. The summed E-state index contributed by atoms with van der Waals surface area (Å²) in [7, 11) is 0. The summed E-state index contributed by atoms with van der Waals surface area (Å²) >= 11 is 1.34. The van der Waals surface area contributed by atoms with Crippen molar-refractivity contribution in [1.82, 2.24) is 8.96 Å². The van der Waals surface area contributed by atoms with Crippen molar-refractivity contribution in [2.75, 3.05) is 6.26 Å². The van der Waals surface area contributed by atoms with E-state index in [1.165, 1.54) is 34.5 Å². The molecule has 9 heavy (non-hydrogen) atoms. The van der Waals surface area contributed by atoms with Gasteiger partial charge in [0.2, 0.25) is 0 Å². The van der Waals surface area contributed by atoms with E-state index in [2.05, 4.69) is 4.98 Å². The molecule has 3 nitrogen and oxygen atoms in total. The Morgan fingerprint density at radius 2 is 2.56 bits per heavy atom. The third kappa shape index (κ3) is 1.32. The third-order valence-corrected chi connectivity index (χ3v) is 1.56. The second-order valence-corrected chi connectivity index (χ2v) is 2.19. The zero-order chi connectivity index (χ0) is 6.69. The van der Waals surface area contributed by atoms with Gasteiger partial charge in [0.1, 0.15) is 6.33 Å². The molecule has 0 fully saturated rings. The van der Waals surface area contributed by atoms with Crippen molar-refractivity contribution < 1.29 is 0 Å². The van der Waals surface area contributed by atoms with Gasteiger partial charge in [-0.1, -0.05) is 0 Å². The van der Waals surface area contributed by atoms with Crippen LogP contribution in [0.5, 0.6) is 0 Å². The molecule has 0 N–H and O–H groups in total. The molecule has 0 aliphatic rings. The molecule has 1 aromatic heterocycles. The molecular weight excluding hydrogens is 136 g/mol. The van der Waals surface area contributed by atoms with E-state index in [0.29, 0.717) is 0 Å². The lowest BCUT2D eigenvalue weighted by molar-refractivity contribution is 1.06. The molecule has 1 rings (SSSR count). The summed E-state index contributed by atoms with van der Waals surface area (Å²) in [6, 6.07) is 1.43. The first-order valence-electron chi connectivity index (χ1n) is 2.42. The maximum Gasteiger partial charge on any atom is 0.263 e. The Balaban J connectivity index is 3.16. The van der Waals surface area contributed by atoms with E-state index in [9.17, 15) is 4.79 Å². The minimum Gasteiger partial charge on any atom is -0.268 e. The van der Waals surface area contributed by atoms with Gasteiger partial charge >= 0.3 is 0 Å². The summed E-state index contributed by atoms with van der Waals surface area (Å²) in [6.45, 7) is 0. The Bertz CT molecular complexity index is 245. The van der Waals surface area contributed by atoms with Crippen molar-refractivity contribution >= 4 is 11.9 Å². The summed E-state index contributed by atoms with van der Waals surface area (Å²) in [5, 5.41) is 0. The highest BCUT2D eigenvalue weighted by Crippen LogP contribution is 1.90. The van der Waals surface area contributed by atoms with Crippen LogP contribution in [-0.4, -0.2) is 15.2 Å². The molecular formula is C5H6N2OS. The smallest absolute Gasteiger partial charge is 0.263 e. The highest BCUT2D eigenvalue weighted by atomic mass is 32.2. The van der Waals surface area contributed by atoms with Crippen LogP contribution in [0, 0.1) is 0 Å². The van der Waals surface area contributed by atoms with Crippen molar-refractivity contribution in [3.05, 3.63) is 28.9 Å². The van der Waals surface area contributed by atoms with Crippen LogP contribution >= 0.6 is 11.9 Å². The van der Waals surface area contributed by atoms with Crippen LogP contribution in [0.4, 0.5) is 0 Å². The van der Waals surface area contributed by atoms with Gasteiger partial charge < -0.3 is 0 Å². The van der Waals surface area contributed by atoms with Crippen LogP contribution in [-0.2, 0) is 0 Å². The molecule has 4 heteroatoms. The molecule has 1 heterocycles. The van der Waals surface area contributed by atoms with Gasteiger partial charge in [0, 0.05) is 18.5 Å². The van der Waals surface area contributed by atoms with Crippen molar-refractivity contribution in [1.29, 1.82) is 0 Å². The van der Waals surface area contributed by atoms with Crippen molar-refractivity contribution in [3.8, 4) is 0 Å². The standard InChI is InChI=1S/C5H6N2OS/c1-9-7-4-6-3-2-5(7)8/h2-4H,1H3. The second kappa shape index (κ2) is 2.68. The van der Waals surface area contributed by atoms with Crippen LogP contribution in [0.25, 0.3) is 0 Å². The lowest BCUT2D eigenvalue weighted by Crippen LogP contribution is -2.12. The Labute approximate surface area is 56.9 Å². The third-order valence-electron chi connectivity index (χ3n) is 0.889. The van der Waals surface area contributed by atoms with E-state index in [4.69, 9.17) is 0 Å². The molecule has 0 atom stereocenters. The highest BCUT2D eigenvalue weighted by Gasteiger charge is 1.87. The molecule has 0 radical (unpaired) electrons. The van der Waals surface area contributed by atoms with E-state index < -0.39 is 0 Å². The van der Waals surface area contributed by atoms with E-state index >= 15 is 0 Å². The molecule has 0 aliphatic carbocycles. The molecule has 1 aromatic rings. The normalized spacial score (nSPS) is 9.44. The highest BCUT2D eigenvalue weighted by molar-refractivity contribution is 7.97. The van der Waals surface area contributed by atoms with Gasteiger partial charge in [-0.25, -0.2) is 8.96 Å². The van der Waals surface area contributed by atoms with Gasteiger partial charge in [0.15, 0.2) is 0 Å². The summed E-state index contributed by atoms with van der Waals surface area (Å²) in [6.07, 6.45) is 4.80. The molecule has 0 unspecified atom stereocenters. The molecule has 0 bridgehead atoms. The van der Waals surface area contributed by atoms with Gasteiger partial charge in [0.25, 0.3) is 5.56 Å². The van der Waals surface area contributed by atoms with Crippen LogP contribution in [0.3, 0.4) is 0 Å². The van der Waals surface area contributed by atoms with Crippen LogP contribution < -0.4 is 5.56 Å². The zero-order valence-corrected chi connectivity index (χ0v) is 5.76. The first-order chi connectivity index (χ1) is 4.34. The van der Waals surface area contributed by atoms with E-state index in [0.717, 1.165) is 0 Å². The van der Waals surface area contributed by atoms with E-state index in [-0.39, 0.29) is 5.56 Å². The molecule has 0 aromatic carbocycles. The van der Waals surface area contributed by atoms with Crippen molar-refractivity contribution in [3.63, 3.8) is 0 Å². The number of rotatable bonds is 1. The van der Waals surface area contributed by atoms with E-state index in [1.807, 2.05) is 6.26 Å². The van der Waals surface area contributed by atoms with Gasteiger partial charge in [-0.3, -0.25) is 4.79 Å². The Morgan fingerprint density at radius 1 is 1.78 bits per heavy atom. The number of hydrogen-bond acceptors (Lipinski definition) is 3. The molecule has 48 valence electrons. The Morgan fingerprint density at radius 3 is 3.00 bits per heavy atom. The summed E-state index contributed by atoms with van der Waals surface area (Å²) in [4.78, 5) is 14.5. The monoisotopic (exact) mass is 142 g/mol. The number of hydrogen-bond donors (Lipinski definition) is 0. The largest absolute Gasteiger partial charge is 0.268 e. The minimum absolute atomic E-state index is 0.0301. The average molecular weight is 142 g/mol. The average Bonchev–Trinajstić information content (AvgIpc) is 1.89. The molecule has 0 saturated carbocycles. The van der Waals surface area contributed by atoms with Crippen molar-refractivity contribution in [2.45, 2.75) is 0 Å². The maximum absolute atomic E-state index is 10.8. The first kappa shape index (κ1) is 6.35.